The van der Waals surface area contributed by atoms with Gasteiger partial charge in [0.25, 0.3) is 0 Å². The molecule has 1 amide bonds. The smallest absolute Gasteiger partial charge is 0.326 e. The van der Waals surface area contributed by atoms with Gasteiger partial charge in [0.15, 0.2) is 0 Å². The van der Waals surface area contributed by atoms with E-state index >= 15 is 0 Å². The van der Waals surface area contributed by atoms with Gasteiger partial charge in [0.2, 0.25) is 5.91 Å². The average Bonchev–Trinajstić information content (AvgIpc) is 2.53. The lowest BCUT2D eigenvalue weighted by molar-refractivity contribution is -0.143. The molecule has 1 heterocycles. The number of amides is 1. The van der Waals surface area contributed by atoms with Gasteiger partial charge in [-0.15, -0.1) is 0 Å². The number of carboxylic acids is 1. The number of aliphatic carboxylic acids is 1. The van der Waals surface area contributed by atoms with Crippen molar-refractivity contribution in [2.24, 2.45) is 5.92 Å². The van der Waals surface area contributed by atoms with Crippen molar-refractivity contribution in [1.29, 1.82) is 0 Å². The minimum absolute atomic E-state index is 0.159. The van der Waals surface area contributed by atoms with Crippen molar-refractivity contribution in [1.82, 2.24) is 10.2 Å². The fraction of sp³-hybridized carbons (Fsp3) is 0.556. The van der Waals surface area contributed by atoms with Crippen LogP contribution in [0.25, 0.3) is 0 Å². The van der Waals surface area contributed by atoms with E-state index in [9.17, 15) is 9.59 Å². The predicted molar refractivity (Wildman–Crippen MR) is 90.5 cm³/mol. The molecular weight excluding hydrogens is 308 g/mol. The Morgan fingerprint density at radius 3 is 2.67 bits per heavy atom. The molecule has 0 bridgehead atoms. The summed E-state index contributed by atoms with van der Waals surface area (Å²) in [4.78, 5) is 25.6. The van der Waals surface area contributed by atoms with Crippen molar-refractivity contribution in [3.8, 4) is 0 Å². The molecule has 6 heteroatoms. The summed E-state index contributed by atoms with van der Waals surface area (Å²) >= 11 is 0. The van der Waals surface area contributed by atoms with Crippen LogP contribution in [-0.2, 0) is 20.9 Å². The van der Waals surface area contributed by atoms with E-state index in [2.05, 4.69) is 22.3 Å². The summed E-state index contributed by atoms with van der Waals surface area (Å²) in [6.45, 7) is 6.46. The lowest BCUT2D eigenvalue weighted by Crippen LogP contribution is -2.48. The van der Waals surface area contributed by atoms with Gasteiger partial charge in [-0.25, -0.2) is 4.79 Å². The topological polar surface area (TPSA) is 78.9 Å². The van der Waals surface area contributed by atoms with E-state index in [0.717, 1.165) is 13.1 Å². The minimum atomic E-state index is -1.01. The first-order valence-corrected chi connectivity index (χ1v) is 8.35. The summed E-state index contributed by atoms with van der Waals surface area (Å²) in [6.07, 6.45) is -0.0222. The third-order valence-electron chi connectivity index (χ3n) is 4.13. The molecule has 1 saturated heterocycles. The van der Waals surface area contributed by atoms with Gasteiger partial charge in [-0.3, -0.25) is 9.69 Å². The Labute approximate surface area is 142 Å². The van der Waals surface area contributed by atoms with Crippen LogP contribution in [0.2, 0.25) is 0 Å². The third kappa shape index (κ3) is 5.62. The number of hydrogen-bond acceptors (Lipinski definition) is 4. The van der Waals surface area contributed by atoms with Gasteiger partial charge in [0.1, 0.15) is 6.04 Å². The zero-order chi connectivity index (χ0) is 17.5. The van der Waals surface area contributed by atoms with Crippen LogP contribution in [0, 0.1) is 5.92 Å². The molecule has 0 radical (unpaired) electrons. The molecule has 24 heavy (non-hydrogen) atoms. The number of rotatable bonds is 7. The molecule has 0 spiro atoms. The van der Waals surface area contributed by atoms with Gasteiger partial charge in [-0.05, 0) is 11.5 Å². The zero-order valence-corrected chi connectivity index (χ0v) is 14.3. The number of hydrogen-bond donors (Lipinski definition) is 2. The summed E-state index contributed by atoms with van der Waals surface area (Å²) < 4.78 is 5.67. The van der Waals surface area contributed by atoms with E-state index in [1.807, 2.05) is 18.2 Å². The largest absolute Gasteiger partial charge is 0.480 e. The molecule has 132 valence electrons. The molecule has 0 aliphatic carbocycles. The SMILES string of the molecule is CC(C)[C@@H](NC(=O)C[C@H]1CN(Cc2ccccc2)CCO1)C(=O)O. The highest BCUT2D eigenvalue weighted by atomic mass is 16.5. The maximum Gasteiger partial charge on any atom is 0.326 e. The molecule has 1 aromatic carbocycles. The van der Waals surface area contributed by atoms with Crippen molar-refractivity contribution in [2.45, 2.75) is 39.0 Å². The van der Waals surface area contributed by atoms with Crippen LogP contribution in [0.4, 0.5) is 0 Å². The van der Waals surface area contributed by atoms with E-state index in [0.29, 0.717) is 13.2 Å². The first kappa shape index (κ1) is 18.4. The molecular formula is C18H26N2O4. The number of ether oxygens (including phenoxy) is 1. The summed E-state index contributed by atoms with van der Waals surface area (Å²) in [7, 11) is 0. The van der Waals surface area contributed by atoms with Gasteiger partial charge in [0.05, 0.1) is 19.1 Å². The van der Waals surface area contributed by atoms with Crippen molar-refractivity contribution in [2.75, 3.05) is 19.7 Å². The Morgan fingerprint density at radius 2 is 2.04 bits per heavy atom. The van der Waals surface area contributed by atoms with Crippen LogP contribution in [0.5, 0.6) is 0 Å². The Hall–Kier alpha value is -1.92. The summed E-state index contributed by atoms with van der Waals surface area (Å²) in [6, 6.07) is 9.32. The predicted octanol–water partition coefficient (Wildman–Crippen LogP) is 1.50. The van der Waals surface area contributed by atoms with Crippen LogP contribution in [-0.4, -0.2) is 53.7 Å². The second-order valence-electron chi connectivity index (χ2n) is 6.55. The second-order valence-corrected chi connectivity index (χ2v) is 6.55. The molecule has 1 fully saturated rings. The van der Waals surface area contributed by atoms with E-state index in [1.165, 1.54) is 5.56 Å². The average molecular weight is 334 g/mol. The number of carboxylic acid groups (broad SMARTS) is 1. The Balaban J connectivity index is 1.83. The van der Waals surface area contributed by atoms with Crippen molar-refractivity contribution in [3.63, 3.8) is 0 Å². The van der Waals surface area contributed by atoms with E-state index in [1.54, 1.807) is 13.8 Å². The first-order chi connectivity index (χ1) is 11.5. The van der Waals surface area contributed by atoms with Gasteiger partial charge in [-0.1, -0.05) is 44.2 Å². The van der Waals surface area contributed by atoms with Crippen molar-refractivity contribution >= 4 is 11.9 Å². The maximum absolute atomic E-state index is 12.1. The van der Waals surface area contributed by atoms with Crippen LogP contribution >= 0.6 is 0 Å². The molecule has 0 unspecified atom stereocenters. The molecule has 6 nitrogen and oxygen atoms in total. The van der Waals surface area contributed by atoms with Crippen LogP contribution in [0.15, 0.2) is 30.3 Å². The lowest BCUT2D eigenvalue weighted by Gasteiger charge is -2.33. The normalized spacial score (nSPS) is 19.9. The van der Waals surface area contributed by atoms with E-state index < -0.39 is 12.0 Å². The van der Waals surface area contributed by atoms with Crippen LogP contribution in [0.1, 0.15) is 25.8 Å². The maximum atomic E-state index is 12.1. The number of nitrogens with one attached hydrogen (secondary N) is 1. The standard InChI is InChI=1S/C18H26N2O4/c1-13(2)17(18(22)23)19-16(21)10-15-12-20(8-9-24-15)11-14-6-4-3-5-7-14/h3-7,13,15,17H,8-12H2,1-2H3,(H,19,21)(H,22,23)/t15-,17+/m0/s1. The number of benzene rings is 1. The molecule has 0 saturated carbocycles. The Bertz CT molecular complexity index is 547. The quantitative estimate of drug-likeness (QED) is 0.790. The Morgan fingerprint density at radius 1 is 1.33 bits per heavy atom. The van der Waals surface area contributed by atoms with E-state index in [4.69, 9.17) is 9.84 Å². The highest BCUT2D eigenvalue weighted by Gasteiger charge is 2.27. The van der Waals surface area contributed by atoms with Gasteiger partial charge < -0.3 is 15.2 Å². The second kappa shape index (κ2) is 8.80. The summed E-state index contributed by atoms with van der Waals surface area (Å²) in [5.74, 6) is -1.44. The minimum Gasteiger partial charge on any atom is -0.480 e. The highest BCUT2D eigenvalue weighted by molar-refractivity contribution is 5.83. The zero-order valence-electron chi connectivity index (χ0n) is 14.3. The molecule has 0 aromatic heterocycles. The van der Waals surface area contributed by atoms with Crippen LogP contribution in [0.3, 0.4) is 0 Å². The number of nitrogens with zero attached hydrogens (tertiary/aromatic N) is 1. The summed E-state index contributed by atoms with van der Waals surface area (Å²) in [5, 5.41) is 11.7. The molecule has 2 rings (SSSR count). The number of carbonyl (C=O) groups excluding carboxylic acids is 1. The highest BCUT2D eigenvalue weighted by Crippen LogP contribution is 2.13. The van der Waals surface area contributed by atoms with Crippen LogP contribution < -0.4 is 5.32 Å². The lowest BCUT2D eigenvalue weighted by atomic mass is 10.0. The monoisotopic (exact) mass is 334 g/mol. The number of carbonyl (C=O) groups is 2. The fourth-order valence-corrected chi connectivity index (χ4v) is 2.84. The molecule has 1 aromatic rings. The van der Waals surface area contributed by atoms with Gasteiger partial charge >= 0.3 is 5.97 Å². The first-order valence-electron chi connectivity index (χ1n) is 8.35. The van der Waals surface area contributed by atoms with Crippen molar-refractivity contribution < 1.29 is 19.4 Å². The molecule has 2 N–H and O–H groups in total. The van der Waals surface area contributed by atoms with Gasteiger partial charge in [-0.2, -0.15) is 0 Å². The molecule has 2 atom stereocenters. The number of morpholine rings is 1. The Kier molecular flexibility index (Phi) is 6.75. The van der Waals surface area contributed by atoms with Gasteiger partial charge in [0, 0.05) is 19.6 Å². The molecule has 1 aliphatic rings. The summed E-state index contributed by atoms with van der Waals surface area (Å²) in [5.41, 5.74) is 1.23. The van der Waals surface area contributed by atoms with Crippen molar-refractivity contribution in [3.05, 3.63) is 35.9 Å². The van der Waals surface area contributed by atoms with E-state index in [-0.39, 0.29) is 24.3 Å². The molecule has 1 aliphatic heterocycles. The third-order valence-corrected chi connectivity index (χ3v) is 4.13. The fourth-order valence-electron chi connectivity index (χ4n) is 2.84.